The molecule has 0 saturated heterocycles. The van der Waals surface area contributed by atoms with E-state index in [0.717, 1.165) is 11.1 Å². The maximum Gasteiger partial charge on any atom is 0.253 e. The van der Waals surface area contributed by atoms with E-state index in [1.165, 1.54) is 0 Å². The SMILES string of the molecule is Cc1cc(C#CCCO)cc(C(=O)N(C)C)c1. The third-order valence-corrected chi connectivity index (χ3v) is 2.20. The number of benzene rings is 1. The van der Waals surface area contributed by atoms with Gasteiger partial charge in [-0.25, -0.2) is 0 Å². The summed E-state index contributed by atoms with van der Waals surface area (Å²) in [6.45, 7) is 1.99. The van der Waals surface area contributed by atoms with E-state index in [9.17, 15) is 4.79 Å². The van der Waals surface area contributed by atoms with Crippen molar-refractivity contribution in [1.82, 2.24) is 4.90 Å². The van der Waals surface area contributed by atoms with Crippen molar-refractivity contribution in [3.63, 3.8) is 0 Å². The topological polar surface area (TPSA) is 40.5 Å². The van der Waals surface area contributed by atoms with Gasteiger partial charge in [-0.15, -0.1) is 0 Å². The van der Waals surface area contributed by atoms with E-state index < -0.39 is 0 Å². The normalized spacial score (nSPS) is 9.41. The zero-order valence-electron chi connectivity index (χ0n) is 10.4. The van der Waals surface area contributed by atoms with Crippen LogP contribution in [0.15, 0.2) is 18.2 Å². The van der Waals surface area contributed by atoms with Crippen LogP contribution in [0.2, 0.25) is 0 Å². The Hall–Kier alpha value is -1.79. The lowest BCUT2D eigenvalue weighted by molar-refractivity contribution is 0.0827. The second kappa shape index (κ2) is 6.07. The predicted molar refractivity (Wildman–Crippen MR) is 67.8 cm³/mol. The first kappa shape index (κ1) is 13.3. The van der Waals surface area contributed by atoms with Crippen LogP contribution in [-0.2, 0) is 0 Å². The van der Waals surface area contributed by atoms with Crippen LogP contribution in [0.4, 0.5) is 0 Å². The van der Waals surface area contributed by atoms with Gasteiger partial charge in [-0.05, 0) is 30.7 Å². The first-order valence-corrected chi connectivity index (χ1v) is 5.47. The van der Waals surface area contributed by atoms with Crippen LogP contribution in [-0.4, -0.2) is 36.6 Å². The Morgan fingerprint density at radius 3 is 2.65 bits per heavy atom. The molecule has 3 heteroatoms. The average Bonchev–Trinajstić information content (AvgIpc) is 2.27. The molecule has 0 unspecified atom stereocenters. The number of hydrogen-bond donors (Lipinski definition) is 1. The van der Waals surface area contributed by atoms with Crippen molar-refractivity contribution in [3.8, 4) is 11.8 Å². The lowest BCUT2D eigenvalue weighted by Crippen LogP contribution is -2.21. The van der Waals surface area contributed by atoms with Gasteiger partial charge in [0, 0.05) is 31.6 Å². The fraction of sp³-hybridized carbons (Fsp3) is 0.357. The lowest BCUT2D eigenvalue weighted by atomic mass is 10.1. The standard InChI is InChI=1S/C14H17NO2/c1-11-8-12(6-4-5-7-16)10-13(9-11)14(17)15(2)3/h8-10,16H,5,7H2,1-3H3. The maximum atomic E-state index is 11.8. The molecule has 17 heavy (non-hydrogen) atoms. The summed E-state index contributed by atoms with van der Waals surface area (Å²) in [4.78, 5) is 13.4. The second-order valence-corrected chi connectivity index (χ2v) is 4.06. The van der Waals surface area contributed by atoms with Gasteiger partial charge in [0.2, 0.25) is 0 Å². The number of nitrogens with zero attached hydrogens (tertiary/aromatic N) is 1. The van der Waals surface area contributed by atoms with Crippen LogP contribution >= 0.6 is 0 Å². The summed E-state index contributed by atoms with van der Waals surface area (Å²) in [5.74, 6) is 5.76. The largest absolute Gasteiger partial charge is 0.395 e. The van der Waals surface area contributed by atoms with Crippen molar-refractivity contribution >= 4 is 5.91 Å². The van der Waals surface area contributed by atoms with Crippen molar-refractivity contribution in [2.75, 3.05) is 20.7 Å². The summed E-state index contributed by atoms with van der Waals surface area (Å²) >= 11 is 0. The van der Waals surface area contributed by atoms with Gasteiger partial charge in [0.15, 0.2) is 0 Å². The molecule has 0 heterocycles. The molecular formula is C14H17NO2. The Morgan fingerprint density at radius 1 is 1.35 bits per heavy atom. The molecule has 0 aliphatic carbocycles. The van der Waals surface area contributed by atoms with Crippen LogP contribution in [0.3, 0.4) is 0 Å². The second-order valence-electron chi connectivity index (χ2n) is 4.06. The Labute approximate surface area is 102 Å². The van der Waals surface area contributed by atoms with E-state index in [1.54, 1.807) is 25.1 Å². The number of hydrogen-bond acceptors (Lipinski definition) is 2. The van der Waals surface area contributed by atoms with E-state index in [-0.39, 0.29) is 12.5 Å². The van der Waals surface area contributed by atoms with Crippen LogP contribution in [0.25, 0.3) is 0 Å². The van der Waals surface area contributed by atoms with Crippen molar-refractivity contribution in [1.29, 1.82) is 0 Å². The average molecular weight is 231 g/mol. The zero-order chi connectivity index (χ0) is 12.8. The number of amides is 1. The van der Waals surface area contributed by atoms with Crippen molar-refractivity contribution in [2.24, 2.45) is 0 Å². The molecule has 1 amide bonds. The van der Waals surface area contributed by atoms with Crippen LogP contribution in [0.1, 0.15) is 27.9 Å². The smallest absolute Gasteiger partial charge is 0.253 e. The summed E-state index contributed by atoms with van der Waals surface area (Å²) in [5.41, 5.74) is 2.46. The van der Waals surface area contributed by atoms with Gasteiger partial charge in [0.05, 0.1) is 6.61 Å². The monoisotopic (exact) mass is 231 g/mol. The fourth-order valence-electron chi connectivity index (χ4n) is 1.46. The minimum atomic E-state index is -0.0288. The molecule has 1 aromatic rings. The molecule has 90 valence electrons. The zero-order valence-corrected chi connectivity index (χ0v) is 10.4. The minimum absolute atomic E-state index is 0.0288. The molecule has 0 aliphatic heterocycles. The van der Waals surface area contributed by atoms with E-state index in [4.69, 9.17) is 5.11 Å². The molecule has 0 spiro atoms. The summed E-state index contributed by atoms with van der Waals surface area (Å²) < 4.78 is 0. The molecule has 1 rings (SSSR count). The highest BCUT2D eigenvalue weighted by atomic mass is 16.2. The minimum Gasteiger partial charge on any atom is -0.395 e. The molecule has 1 aromatic carbocycles. The molecule has 0 radical (unpaired) electrons. The van der Waals surface area contributed by atoms with Crippen molar-refractivity contribution in [2.45, 2.75) is 13.3 Å². The summed E-state index contributed by atoms with van der Waals surface area (Å²) in [5, 5.41) is 8.65. The fourth-order valence-corrected chi connectivity index (χ4v) is 1.46. The summed E-state index contributed by atoms with van der Waals surface area (Å²) in [6, 6.07) is 5.55. The number of aryl methyl sites for hydroxylation is 1. The molecule has 0 bridgehead atoms. The highest BCUT2D eigenvalue weighted by Gasteiger charge is 2.08. The highest BCUT2D eigenvalue weighted by molar-refractivity contribution is 5.94. The van der Waals surface area contributed by atoms with Gasteiger partial charge in [0.1, 0.15) is 0 Å². The molecule has 0 fully saturated rings. The molecule has 3 nitrogen and oxygen atoms in total. The van der Waals surface area contributed by atoms with Gasteiger partial charge in [-0.1, -0.05) is 11.8 Å². The van der Waals surface area contributed by atoms with E-state index >= 15 is 0 Å². The van der Waals surface area contributed by atoms with E-state index in [0.29, 0.717) is 12.0 Å². The number of aliphatic hydroxyl groups excluding tert-OH is 1. The number of carbonyl (C=O) groups is 1. The van der Waals surface area contributed by atoms with Gasteiger partial charge < -0.3 is 10.0 Å². The quantitative estimate of drug-likeness (QED) is 0.782. The summed E-state index contributed by atoms with van der Waals surface area (Å²) in [7, 11) is 3.45. The maximum absolute atomic E-state index is 11.8. The Kier molecular flexibility index (Phi) is 4.74. The molecule has 0 atom stereocenters. The Bertz CT molecular complexity index is 467. The van der Waals surface area contributed by atoms with E-state index in [1.807, 2.05) is 19.1 Å². The molecule has 0 aromatic heterocycles. The highest BCUT2D eigenvalue weighted by Crippen LogP contribution is 2.10. The van der Waals surface area contributed by atoms with Gasteiger partial charge in [0.25, 0.3) is 5.91 Å². The van der Waals surface area contributed by atoms with Gasteiger partial charge in [-0.2, -0.15) is 0 Å². The number of carbonyl (C=O) groups excluding carboxylic acids is 1. The van der Waals surface area contributed by atoms with Crippen LogP contribution < -0.4 is 0 Å². The lowest BCUT2D eigenvalue weighted by Gasteiger charge is -2.11. The summed E-state index contributed by atoms with van der Waals surface area (Å²) in [6.07, 6.45) is 0.449. The third kappa shape index (κ3) is 3.93. The molecule has 1 N–H and O–H groups in total. The molecule has 0 aliphatic rings. The Balaban J connectivity index is 3.03. The Morgan fingerprint density at radius 2 is 2.06 bits per heavy atom. The molecular weight excluding hydrogens is 214 g/mol. The predicted octanol–water partition coefficient (Wildman–Crippen LogP) is 1.43. The van der Waals surface area contributed by atoms with Crippen LogP contribution in [0, 0.1) is 18.8 Å². The van der Waals surface area contributed by atoms with Crippen molar-refractivity contribution in [3.05, 3.63) is 34.9 Å². The van der Waals surface area contributed by atoms with Crippen molar-refractivity contribution < 1.29 is 9.90 Å². The van der Waals surface area contributed by atoms with Gasteiger partial charge >= 0.3 is 0 Å². The third-order valence-electron chi connectivity index (χ3n) is 2.20. The van der Waals surface area contributed by atoms with E-state index in [2.05, 4.69) is 11.8 Å². The first-order chi connectivity index (χ1) is 8.04. The first-order valence-electron chi connectivity index (χ1n) is 5.47. The van der Waals surface area contributed by atoms with Gasteiger partial charge in [-0.3, -0.25) is 4.79 Å². The number of rotatable bonds is 2. The van der Waals surface area contributed by atoms with Crippen LogP contribution in [0.5, 0.6) is 0 Å². The number of aliphatic hydroxyl groups is 1. The molecule has 0 saturated carbocycles.